The van der Waals surface area contributed by atoms with Crippen LogP contribution in [-0.2, 0) is 4.57 Å². The Hall–Kier alpha value is -1.09. The monoisotopic (exact) mass is 354 g/mol. The largest absolute Gasteiger partial charge is 0.436 e. The van der Waals surface area contributed by atoms with Crippen molar-refractivity contribution < 1.29 is 14.0 Å². The fourth-order valence-electron chi connectivity index (χ4n) is 1.91. The van der Waals surface area contributed by atoms with Crippen LogP contribution >= 0.6 is 23.3 Å². The van der Waals surface area contributed by atoms with Crippen molar-refractivity contribution >= 4 is 28.6 Å². The molecule has 0 aromatic heterocycles. The van der Waals surface area contributed by atoms with Crippen LogP contribution in [0.4, 0.5) is 0 Å². The molecule has 0 radical (unpaired) electrons. The van der Waals surface area contributed by atoms with Crippen molar-refractivity contribution in [3.05, 3.63) is 59.1 Å². The van der Waals surface area contributed by atoms with Gasteiger partial charge in [0, 0.05) is 4.47 Å². The van der Waals surface area contributed by atoms with Gasteiger partial charge in [0.15, 0.2) is 6.29 Å². The summed E-state index contributed by atoms with van der Waals surface area (Å²) in [6.07, 6.45) is 0.451. The lowest BCUT2D eigenvalue weighted by atomic mass is 10.3. The quantitative estimate of drug-likeness (QED) is 0.836. The SMILES string of the molecule is C[NH+](C)CP(=O)(Oc1ccc(Br)cc1)c1ccccc1. The molecule has 1 N–H and O–H groups in total. The van der Waals surface area contributed by atoms with Crippen molar-refractivity contribution in [2.75, 3.05) is 20.4 Å². The summed E-state index contributed by atoms with van der Waals surface area (Å²) in [6.45, 7) is 0. The number of quaternary nitrogens is 1. The maximum absolute atomic E-state index is 13.2. The van der Waals surface area contributed by atoms with Gasteiger partial charge in [-0.25, -0.2) is 0 Å². The predicted molar refractivity (Wildman–Crippen MR) is 86.1 cm³/mol. The molecule has 0 aliphatic carbocycles. The van der Waals surface area contributed by atoms with Gasteiger partial charge in [0.1, 0.15) is 5.75 Å². The molecule has 1 unspecified atom stereocenters. The fourth-order valence-corrected chi connectivity index (χ4v) is 4.45. The maximum atomic E-state index is 13.2. The van der Waals surface area contributed by atoms with Crippen molar-refractivity contribution in [3.63, 3.8) is 0 Å². The topological polar surface area (TPSA) is 30.7 Å². The van der Waals surface area contributed by atoms with Gasteiger partial charge in [-0.3, -0.25) is 4.57 Å². The van der Waals surface area contributed by atoms with Crippen LogP contribution in [0.5, 0.6) is 5.75 Å². The highest BCUT2D eigenvalue weighted by atomic mass is 79.9. The van der Waals surface area contributed by atoms with Crippen molar-refractivity contribution in [2.45, 2.75) is 0 Å². The zero-order valence-electron chi connectivity index (χ0n) is 11.5. The molecule has 0 amide bonds. The molecule has 106 valence electrons. The standard InChI is InChI=1S/C15H17BrNO2P/c1-17(2)12-20(18,15-6-4-3-5-7-15)19-14-10-8-13(16)9-11-14/h3-11H,12H2,1-2H3/p+1. The zero-order chi connectivity index (χ0) is 14.6. The number of hydrogen-bond donors (Lipinski definition) is 1. The summed E-state index contributed by atoms with van der Waals surface area (Å²) in [7, 11) is 1.03. The van der Waals surface area contributed by atoms with Gasteiger partial charge in [-0.15, -0.1) is 0 Å². The van der Waals surface area contributed by atoms with E-state index in [-0.39, 0.29) is 0 Å². The molecule has 0 saturated heterocycles. The Morgan fingerprint density at radius 3 is 2.20 bits per heavy atom. The fraction of sp³-hybridized carbons (Fsp3) is 0.200. The molecule has 20 heavy (non-hydrogen) atoms. The minimum Gasteiger partial charge on any atom is -0.436 e. The minimum absolute atomic E-state index is 0.451. The first-order valence-electron chi connectivity index (χ1n) is 6.38. The lowest BCUT2D eigenvalue weighted by Crippen LogP contribution is -3.05. The Balaban J connectivity index is 2.33. The van der Waals surface area contributed by atoms with Crippen molar-refractivity contribution in [1.29, 1.82) is 0 Å². The maximum Gasteiger partial charge on any atom is 0.329 e. The summed E-state index contributed by atoms with van der Waals surface area (Å²) in [5, 5.41) is 0.754. The lowest BCUT2D eigenvalue weighted by molar-refractivity contribution is -0.845. The van der Waals surface area contributed by atoms with Crippen LogP contribution in [0.15, 0.2) is 59.1 Å². The predicted octanol–water partition coefficient (Wildman–Crippen LogP) is 2.53. The molecule has 0 heterocycles. The Labute approximate surface area is 128 Å². The summed E-state index contributed by atoms with van der Waals surface area (Å²) in [4.78, 5) is 1.09. The molecule has 2 aromatic carbocycles. The average Bonchev–Trinajstić information content (AvgIpc) is 2.42. The van der Waals surface area contributed by atoms with Crippen LogP contribution in [-0.4, -0.2) is 20.4 Å². The number of halogens is 1. The third kappa shape index (κ3) is 3.95. The molecule has 0 bridgehead atoms. The van der Waals surface area contributed by atoms with Gasteiger partial charge in [0.25, 0.3) is 0 Å². The second-order valence-corrected chi connectivity index (χ2v) is 8.20. The van der Waals surface area contributed by atoms with Crippen molar-refractivity contribution in [3.8, 4) is 5.75 Å². The van der Waals surface area contributed by atoms with Crippen molar-refractivity contribution in [1.82, 2.24) is 0 Å². The first-order chi connectivity index (χ1) is 9.49. The molecule has 3 nitrogen and oxygen atoms in total. The molecule has 2 aromatic rings. The minimum atomic E-state index is -2.92. The van der Waals surface area contributed by atoms with E-state index in [1.54, 1.807) is 0 Å². The third-order valence-electron chi connectivity index (χ3n) is 2.74. The van der Waals surface area contributed by atoms with E-state index in [0.29, 0.717) is 12.0 Å². The molecule has 0 fully saturated rings. The molecule has 0 aliphatic rings. The molecule has 5 heteroatoms. The number of benzene rings is 2. The normalized spacial score (nSPS) is 14.0. The third-order valence-corrected chi connectivity index (χ3v) is 5.91. The van der Waals surface area contributed by atoms with E-state index in [9.17, 15) is 4.57 Å². The van der Waals surface area contributed by atoms with Gasteiger partial charge in [-0.1, -0.05) is 34.1 Å². The molecule has 0 aliphatic heterocycles. The molecule has 1 atom stereocenters. The first kappa shape index (κ1) is 15.3. The zero-order valence-corrected chi connectivity index (χ0v) is 14.0. The van der Waals surface area contributed by atoms with Gasteiger partial charge < -0.3 is 9.42 Å². The van der Waals surface area contributed by atoms with E-state index in [1.165, 1.54) is 0 Å². The number of rotatable bonds is 5. The van der Waals surface area contributed by atoms with Crippen LogP contribution in [0.2, 0.25) is 0 Å². The van der Waals surface area contributed by atoms with Crippen LogP contribution in [0.1, 0.15) is 0 Å². The smallest absolute Gasteiger partial charge is 0.329 e. The first-order valence-corrected chi connectivity index (χ1v) is 8.99. The van der Waals surface area contributed by atoms with E-state index in [2.05, 4.69) is 15.9 Å². The van der Waals surface area contributed by atoms with Gasteiger partial charge in [0.2, 0.25) is 0 Å². The van der Waals surface area contributed by atoms with Gasteiger partial charge in [-0.05, 0) is 36.4 Å². The summed E-state index contributed by atoms with van der Waals surface area (Å²) >= 11 is 3.38. The van der Waals surface area contributed by atoms with Crippen LogP contribution in [0, 0.1) is 0 Å². The number of nitrogens with one attached hydrogen (secondary N) is 1. The second-order valence-electron chi connectivity index (χ2n) is 4.92. The highest BCUT2D eigenvalue weighted by Crippen LogP contribution is 2.44. The Morgan fingerprint density at radius 2 is 1.65 bits per heavy atom. The number of hydrogen-bond acceptors (Lipinski definition) is 2. The molecule has 0 saturated carbocycles. The van der Waals surface area contributed by atoms with Gasteiger partial charge >= 0.3 is 7.37 Å². The highest BCUT2D eigenvalue weighted by Gasteiger charge is 2.30. The Morgan fingerprint density at radius 1 is 1.05 bits per heavy atom. The van der Waals surface area contributed by atoms with Gasteiger partial charge in [0.05, 0.1) is 19.4 Å². The summed E-state index contributed by atoms with van der Waals surface area (Å²) < 4.78 is 20.1. The van der Waals surface area contributed by atoms with Crippen LogP contribution < -0.4 is 14.7 Å². The second kappa shape index (κ2) is 6.57. The Bertz CT molecular complexity index is 599. The van der Waals surface area contributed by atoms with E-state index in [1.807, 2.05) is 68.7 Å². The molecule has 2 rings (SSSR count). The summed E-state index contributed by atoms with van der Waals surface area (Å²) in [5.41, 5.74) is 0. The molecule has 0 spiro atoms. The van der Waals surface area contributed by atoms with E-state index >= 15 is 0 Å². The summed E-state index contributed by atoms with van der Waals surface area (Å²) in [5.74, 6) is 0.627. The average molecular weight is 355 g/mol. The van der Waals surface area contributed by atoms with Gasteiger partial charge in [-0.2, -0.15) is 0 Å². The van der Waals surface area contributed by atoms with Crippen LogP contribution in [0.3, 0.4) is 0 Å². The van der Waals surface area contributed by atoms with E-state index in [0.717, 1.165) is 14.7 Å². The van der Waals surface area contributed by atoms with E-state index < -0.39 is 7.37 Å². The lowest BCUT2D eigenvalue weighted by Gasteiger charge is -2.21. The van der Waals surface area contributed by atoms with Crippen LogP contribution in [0.25, 0.3) is 0 Å². The molecular formula is C15H18BrNO2P+. The Kier molecular flexibility index (Phi) is 5.03. The highest BCUT2D eigenvalue weighted by molar-refractivity contribution is 9.10. The van der Waals surface area contributed by atoms with E-state index in [4.69, 9.17) is 4.52 Å². The summed E-state index contributed by atoms with van der Waals surface area (Å²) in [6, 6.07) is 16.8. The van der Waals surface area contributed by atoms with Crippen molar-refractivity contribution in [2.24, 2.45) is 0 Å². The molecular weight excluding hydrogens is 337 g/mol.